The van der Waals surface area contributed by atoms with Crippen LogP contribution in [0.15, 0.2) is 16.8 Å². The third-order valence-electron chi connectivity index (χ3n) is 8.39. The van der Waals surface area contributed by atoms with Crippen molar-refractivity contribution >= 4 is 12.2 Å². The van der Waals surface area contributed by atoms with Gasteiger partial charge in [-0.05, 0) is 31.2 Å². The summed E-state index contributed by atoms with van der Waals surface area (Å²) >= 11 is 0. The Kier molecular flexibility index (Phi) is 5.70. The maximum absolute atomic E-state index is 13.5. The number of piperidine rings is 2. The number of rotatable bonds is 3. The summed E-state index contributed by atoms with van der Waals surface area (Å²) in [5.74, 6) is 0.449. The molecule has 172 valence electrons. The molecular weight excluding hydrogens is 396 g/mol. The van der Waals surface area contributed by atoms with Crippen LogP contribution in [-0.2, 0) is 9.47 Å². The first-order valence-corrected chi connectivity index (χ1v) is 11.6. The van der Waals surface area contributed by atoms with Crippen molar-refractivity contribution in [2.24, 2.45) is 28.5 Å². The number of nitrogens with zero attached hydrogens (tertiary/aromatic N) is 3. The highest BCUT2D eigenvalue weighted by Crippen LogP contribution is 2.47. The van der Waals surface area contributed by atoms with E-state index >= 15 is 0 Å². The molecule has 9 atom stereocenters. The average molecular weight is 433 g/mol. The second kappa shape index (κ2) is 8.35. The van der Waals surface area contributed by atoms with Crippen LogP contribution in [-0.4, -0.2) is 106 Å². The zero-order valence-electron chi connectivity index (χ0n) is 18.7. The first kappa shape index (κ1) is 21.2. The van der Waals surface area contributed by atoms with Crippen LogP contribution in [0.1, 0.15) is 12.8 Å². The fourth-order valence-electron chi connectivity index (χ4n) is 7.02. The SMILES string of the molecule is CN=CC(=CN)C1C(OC)CC2NCC3C4C2C1OCC1CNCCC1N4C(=O)N3C. The average Bonchev–Trinajstić information content (AvgIpc) is 3.04. The van der Waals surface area contributed by atoms with E-state index in [-0.39, 0.29) is 60.2 Å². The zero-order valence-corrected chi connectivity index (χ0v) is 18.7. The third kappa shape index (κ3) is 3.20. The highest BCUT2D eigenvalue weighted by atomic mass is 16.5. The van der Waals surface area contributed by atoms with E-state index < -0.39 is 0 Å². The lowest BCUT2D eigenvalue weighted by molar-refractivity contribution is -0.156. The number of amides is 2. The van der Waals surface area contributed by atoms with Gasteiger partial charge in [-0.25, -0.2) is 4.79 Å². The van der Waals surface area contributed by atoms with Gasteiger partial charge in [-0.15, -0.1) is 0 Å². The number of nitrogens with one attached hydrogen (secondary N) is 2. The minimum atomic E-state index is -0.0959. The molecular formula is C22H36N6O3. The van der Waals surface area contributed by atoms with Gasteiger partial charge in [0.15, 0.2) is 0 Å². The fraction of sp³-hybridized carbons (Fsp3) is 0.818. The number of carbonyl (C=O) groups excluding carboxylic acids is 1. The van der Waals surface area contributed by atoms with Crippen molar-refractivity contribution in [3.63, 3.8) is 0 Å². The number of methoxy groups -OCH3 is 1. The third-order valence-corrected chi connectivity index (χ3v) is 8.39. The van der Waals surface area contributed by atoms with Crippen molar-refractivity contribution in [1.82, 2.24) is 20.4 Å². The predicted molar refractivity (Wildman–Crippen MR) is 118 cm³/mol. The van der Waals surface area contributed by atoms with E-state index in [0.29, 0.717) is 6.61 Å². The lowest BCUT2D eigenvalue weighted by atomic mass is 9.64. The molecule has 4 saturated heterocycles. The van der Waals surface area contributed by atoms with Crippen molar-refractivity contribution < 1.29 is 14.3 Å². The number of nitrogens with two attached hydrogens (primary N) is 1. The van der Waals surface area contributed by atoms with Gasteiger partial charge in [0.05, 0.1) is 30.9 Å². The minimum absolute atomic E-state index is 0.0172. The minimum Gasteiger partial charge on any atom is -0.404 e. The Labute approximate surface area is 184 Å². The molecule has 31 heavy (non-hydrogen) atoms. The molecule has 0 spiro atoms. The summed E-state index contributed by atoms with van der Waals surface area (Å²) in [6.45, 7) is 3.26. The van der Waals surface area contributed by atoms with Crippen LogP contribution in [0, 0.1) is 17.8 Å². The molecule has 5 rings (SSSR count). The number of aliphatic imine (C=N–C) groups is 1. The molecule has 0 aromatic heterocycles. The Balaban J connectivity index is 1.60. The van der Waals surface area contributed by atoms with Crippen molar-refractivity contribution in [3.05, 3.63) is 11.8 Å². The molecule has 2 amide bonds. The second-order valence-corrected chi connectivity index (χ2v) is 9.66. The lowest BCUT2D eigenvalue weighted by Crippen LogP contribution is -2.71. The number of hydrogen-bond acceptors (Lipinski definition) is 7. The van der Waals surface area contributed by atoms with E-state index in [9.17, 15) is 4.79 Å². The van der Waals surface area contributed by atoms with Gasteiger partial charge < -0.3 is 35.6 Å². The van der Waals surface area contributed by atoms with Gasteiger partial charge in [0.1, 0.15) is 0 Å². The number of hydrogen-bond donors (Lipinski definition) is 3. The van der Waals surface area contributed by atoms with E-state index in [4.69, 9.17) is 15.2 Å². The largest absolute Gasteiger partial charge is 0.404 e. The summed E-state index contributed by atoms with van der Waals surface area (Å²) in [6.07, 6.45) is 5.21. The standard InChI is InChI=1S/C22H36N6O3/c1-24-8-12(7-23)18-17(30-3)6-14-19-20-16(10-26-14)27(2)22(29)28(20)15-4-5-25-9-13(15)11-31-21(18)19/h7-8,13-21,25-26H,4-6,9-11,23H2,1-3H3. The van der Waals surface area contributed by atoms with Gasteiger partial charge in [0.25, 0.3) is 0 Å². The van der Waals surface area contributed by atoms with Crippen molar-refractivity contribution in [2.75, 3.05) is 47.4 Å². The van der Waals surface area contributed by atoms with Gasteiger partial charge in [-0.2, -0.15) is 0 Å². The van der Waals surface area contributed by atoms with Crippen LogP contribution < -0.4 is 16.4 Å². The molecule has 1 saturated carbocycles. The molecule has 5 fully saturated rings. The van der Waals surface area contributed by atoms with E-state index in [1.807, 2.05) is 18.2 Å². The Morgan fingerprint density at radius 3 is 2.94 bits per heavy atom. The summed E-state index contributed by atoms with van der Waals surface area (Å²) in [5, 5.41) is 7.25. The molecule has 9 heteroatoms. The number of carbonyl (C=O) groups is 1. The molecule has 0 aromatic carbocycles. The maximum Gasteiger partial charge on any atom is 0.320 e. The van der Waals surface area contributed by atoms with Crippen LogP contribution in [0.4, 0.5) is 4.79 Å². The fourth-order valence-corrected chi connectivity index (χ4v) is 7.02. The Bertz CT molecular complexity index is 760. The Morgan fingerprint density at radius 1 is 1.35 bits per heavy atom. The summed E-state index contributed by atoms with van der Waals surface area (Å²) in [5.41, 5.74) is 7.02. The van der Waals surface area contributed by atoms with E-state index in [1.54, 1.807) is 20.4 Å². The van der Waals surface area contributed by atoms with Gasteiger partial charge >= 0.3 is 6.03 Å². The molecule has 0 aromatic rings. The molecule has 4 aliphatic heterocycles. The van der Waals surface area contributed by atoms with E-state index in [1.165, 1.54) is 0 Å². The highest BCUT2D eigenvalue weighted by Gasteiger charge is 2.61. The van der Waals surface area contributed by atoms with E-state index in [0.717, 1.165) is 38.0 Å². The zero-order chi connectivity index (χ0) is 21.7. The van der Waals surface area contributed by atoms with Crippen LogP contribution in [0.25, 0.3) is 0 Å². The predicted octanol–water partition coefficient (Wildman–Crippen LogP) is -0.366. The molecule has 5 aliphatic rings. The summed E-state index contributed by atoms with van der Waals surface area (Å²) in [7, 11) is 5.49. The molecule has 4 heterocycles. The number of urea groups is 1. The number of fused-ring (bicyclic) bond motifs is 2. The van der Waals surface area contributed by atoms with Gasteiger partial charge in [-0.1, -0.05) is 0 Å². The van der Waals surface area contributed by atoms with Crippen molar-refractivity contribution in [1.29, 1.82) is 0 Å². The molecule has 0 radical (unpaired) electrons. The normalized spacial score (nSPS) is 45.3. The Morgan fingerprint density at radius 2 is 2.19 bits per heavy atom. The molecule has 4 N–H and O–H groups in total. The van der Waals surface area contributed by atoms with Gasteiger partial charge in [0, 0.05) is 70.3 Å². The first-order valence-electron chi connectivity index (χ1n) is 11.6. The number of likely N-dealkylation sites (N-methyl/N-ethyl adjacent to an activating group) is 1. The van der Waals surface area contributed by atoms with Crippen LogP contribution in [0.5, 0.6) is 0 Å². The smallest absolute Gasteiger partial charge is 0.320 e. The topological polar surface area (TPSA) is 104 Å². The lowest BCUT2D eigenvalue weighted by Gasteiger charge is -2.56. The van der Waals surface area contributed by atoms with Crippen LogP contribution in [0.3, 0.4) is 0 Å². The number of ether oxygens (including phenoxy) is 2. The maximum atomic E-state index is 13.5. The van der Waals surface area contributed by atoms with Crippen LogP contribution in [0.2, 0.25) is 0 Å². The highest BCUT2D eigenvalue weighted by molar-refractivity contribution is 5.80. The quantitative estimate of drug-likeness (QED) is 0.526. The summed E-state index contributed by atoms with van der Waals surface area (Å²) in [4.78, 5) is 22.0. The molecule has 0 bridgehead atoms. The molecule has 1 aliphatic carbocycles. The van der Waals surface area contributed by atoms with Gasteiger partial charge in [-0.3, -0.25) is 4.99 Å². The van der Waals surface area contributed by atoms with Gasteiger partial charge in [0.2, 0.25) is 0 Å². The monoisotopic (exact) mass is 432 g/mol. The summed E-state index contributed by atoms with van der Waals surface area (Å²) in [6, 6.07) is 0.928. The summed E-state index contributed by atoms with van der Waals surface area (Å²) < 4.78 is 12.8. The Hall–Kier alpha value is -1.68. The van der Waals surface area contributed by atoms with Crippen molar-refractivity contribution in [3.8, 4) is 0 Å². The molecule has 9 nitrogen and oxygen atoms in total. The van der Waals surface area contributed by atoms with E-state index in [2.05, 4.69) is 20.5 Å². The second-order valence-electron chi connectivity index (χ2n) is 9.66. The van der Waals surface area contributed by atoms with Crippen LogP contribution >= 0.6 is 0 Å². The van der Waals surface area contributed by atoms with Crippen molar-refractivity contribution in [2.45, 2.75) is 49.2 Å². The first-order chi connectivity index (χ1) is 15.1. The molecule has 9 unspecified atom stereocenters.